The van der Waals surface area contributed by atoms with Gasteiger partial charge in [-0.1, -0.05) is 290 Å². The highest BCUT2D eigenvalue weighted by molar-refractivity contribution is 5.70. The molecular formula is C61H119NO8. The van der Waals surface area contributed by atoms with Crippen LogP contribution in [0.25, 0.3) is 0 Å². The van der Waals surface area contributed by atoms with Gasteiger partial charge >= 0.3 is 11.9 Å². The molecule has 416 valence electrons. The van der Waals surface area contributed by atoms with Gasteiger partial charge in [0.1, 0.15) is 13.2 Å². The maximum absolute atomic E-state index is 12.8. The third-order valence-electron chi connectivity index (χ3n) is 14.1. The Bertz CT molecular complexity index is 1110. The molecule has 0 amide bonds. The number of likely N-dealkylation sites (N-methyl/N-ethyl adjacent to an activating group) is 1. The van der Waals surface area contributed by atoms with E-state index < -0.39 is 24.3 Å². The van der Waals surface area contributed by atoms with Gasteiger partial charge in [0, 0.05) is 12.8 Å². The maximum atomic E-state index is 12.8. The standard InChI is InChI=1S/C61H119NO8/c1-6-8-10-12-14-16-17-18-19-20-21-22-23-24-25-26-27-28-29-30-31-32-33-34-35-36-37-38-39-40-41-42-44-46-48-50-52-59(64)70-57(56-69-61(60(65)66)67-54-53-62(3,4)5)55-68-58(63)51-49-47-45-43-15-13-11-9-7-2/h57,61H,6-56H2,1-5H3. The molecule has 0 aromatic heterocycles. The van der Waals surface area contributed by atoms with Crippen molar-refractivity contribution in [3.63, 3.8) is 0 Å². The monoisotopic (exact) mass is 994 g/mol. The number of esters is 2. The molecule has 0 radical (unpaired) electrons. The van der Waals surface area contributed by atoms with Crippen LogP contribution in [0.2, 0.25) is 0 Å². The summed E-state index contributed by atoms with van der Waals surface area (Å²) in [4.78, 5) is 37.1. The number of quaternary nitrogens is 1. The summed E-state index contributed by atoms with van der Waals surface area (Å²) in [5, 5.41) is 11.7. The van der Waals surface area contributed by atoms with Crippen LogP contribution in [0.5, 0.6) is 0 Å². The predicted octanol–water partition coefficient (Wildman–Crippen LogP) is 16.6. The fraction of sp³-hybridized carbons (Fsp3) is 0.951. The second-order valence-electron chi connectivity index (χ2n) is 22.4. The number of hydrogen-bond donors (Lipinski definition) is 0. The van der Waals surface area contributed by atoms with Gasteiger partial charge in [0.25, 0.3) is 0 Å². The molecule has 70 heavy (non-hydrogen) atoms. The van der Waals surface area contributed by atoms with Crippen LogP contribution in [0.3, 0.4) is 0 Å². The number of nitrogens with zero attached hydrogens (tertiary/aromatic N) is 1. The van der Waals surface area contributed by atoms with Crippen molar-refractivity contribution in [2.75, 3.05) is 47.5 Å². The molecule has 0 aliphatic rings. The summed E-state index contributed by atoms with van der Waals surface area (Å²) in [5.74, 6) is -2.26. The Morgan fingerprint density at radius 1 is 0.371 bits per heavy atom. The van der Waals surface area contributed by atoms with E-state index in [9.17, 15) is 19.5 Å². The topological polar surface area (TPSA) is 111 Å². The molecule has 0 spiro atoms. The zero-order chi connectivity index (χ0) is 51.3. The first-order chi connectivity index (χ1) is 34.1. The van der Waals surface area contributed by atoms with Crippen LogP contribution in [0, 0.1) is 0 Å². The zero-order valence-corrected chi connectivity index (χ0v) is 47.4. The van der Waals surface area contributed by atoms with Gasteiger partial charge in [-0.15, -0.1) is 0 Å². The van der Waals surface area contributed by atoms with Gasteiger partial charge < -0.3 is 33.3 Å². The molecule has 0 N–H and O–H groups in total. The quantitative estimate of drug-likeness (QED) is 0.0256. The summed E-state index contributed by atoms with van der Waals surface area (Å²) in [7, 11) is 5.93. The zero-order valence-electron chi connectivity index (χ0n) is 47.4. The number of carbonyl (C=O) groups excluding carboxylic acids is 3. The van der Waals surface area contributed by atoms with Gasteiger partial charge in [-0.05, 0) is 12.8 Å². The molecule has 0 heterocycles. The largest absolute Gasteiger partial charge is 0.545 e. The Balaban J connectivity index is 3.86. The van der Waals surface area contributed by atoms with Gasteiger partial charge in [-0.2, -0.15) is 0 Å². The lowest BCUT2D eigenvalue weighted by atomic mass is 10.0. The van der Waals surface area contributed by atoms with Crippen LogP contribution in [0.15, 0.2) is 0 Å². The second kappa shape index (κ2) is 53.6. The number of unbranched alkanes of at least 4 members (excludes halogenated alkanes) is 43. The number of aliphatic carboxylic acids is 1. The number of hydrogen-bond acceptors (Lipinski definition) is 8. The molecule has 0 aliphatic heterocycles. The molecule has 2 unspecified atom stereocenters. The second-order valence-corrected chi connectivity index (χ2v) is 22.4. The summed E-state index contributed by atoms with van der Waals surface area (Å²) in [6.07, 6.45) is 57.8. The molecule has 0 saturated heterocycles. The van der Waals surface area contributed by atoms with Gasteiger partial charge in [-0.25, -0.2) is 0 Å². The Morgan fingerprint density at radius 3 is 0.914 bits per heavy atom. The lowest BCUT2D eigenvalue weighted by molar-refractivity contribution is -0.870. The first kappa shape index (κ1) is 68.3. The smallest absolute Gasteiger partial charge is 0.306 e. The van der Waals surface area contributed by atoms with E-state index in [-0.39, 0.29) is 32.2 Å². The number of carbonyl (C=O) groups is 3. The van der Waals surface area contributed by atoms with Crippen molar-refractivity contribution in [1.82, 2.24) is 0 Å². The van der Waals surface area contributed by atoms with Crippen molar-refractivity contribution in [1.29, 1.82) is 0 Å². The molecule has 0 aromatic rings. The van der Waals surface area contributed by atoms with Crippen LogP contribution < -0.4 is 5.11 Å². The van der Waals surface area contributed by atoms with Crippen molar-refractivity contribution in [2.24, 2.45) is 0 Å². The van der Waals surface area contributed by atoms with Gasteiger partial charge in [-0.3, -0.25) is 9.59 Å². The average molecular weight is 995 g/mol. The summed E-state index contributed by atoms with van der Waals surface area (Å²) in [5.41, 5.74) is 0. The number of carboxylic acids is 1. The number of ether oxygens (including phenoxy) is 4. The molecule has 9 heteroatoms. The van der Waals surface area contributed by atoms with Crippen LogP contribution >= 0.6 is 0 Å². The third-order valence-corrected chi connectivity index (χ3v) is 14.1. The van der Waals surface area contributed by atoms with Crippen LogP contribution in [0.1, 0.15) is 316 Å². The van der Waals surface area contributed by atoms with Crippen LogP contribution in [-0.4, -0.2) is 82.3 Å². The molecule has 2 atom stereocenters. The Labute approximate surface area is 434 Å². The molecular weight excluding hydrogens is 875 g/mol. The van der Waals surface area contributed by atoms with E-state index in [1.54, 1.807) is 0 Å². The SMILES string of the molecule is CCCCCCCCCCCCCCCCCCCCCCCCCCCCCCCCCCCCCCC(=O)OC(COC(=O)CCCCCCCCCCC)COC(OCC[N+](C)(C)C)C(=O)[O-]. The van der Waals surface area contributed by atoms with E-state index in [4.69, 9.17) is 18.9 Å². The molecule has 0 aromatic carbocycles. The lowest BCUT2D eigenvalue weighted by Crippen LogP contribution is -2.44. The molecule has 9 nitrogen and oxygen atoms in total. The van der Waals surface area contributed by atoms with Crippen molar-refractivity contribution in [2.45, 2.75) is 328 Å². The Kier molecular flexibility index (Phi) is 52.3. The number of carboxylic acid groups (broad SMARTS) is 1. The lowest BCUT2D eigenvalue weighted by Gasteiger charge is -2.26. The fourth-order valence-electron chi connectivity index (χ4n) is 9.36. The highest BCUT2D eigenvalue weighted by Gasteiger charge is 2.22. The molecule has 0 fully saturated rings. The minimum Gasteiger partial charge on any atom is -0.545 e. The predicted molar refractivity (Wildman–Crippen MR) is 293 cm³/mol. The molecule has 0 saturated carbocycles. The van der Waals surface area contributed by atoms with E-state index in [1.165, 1.54) is 250 Å². The molecule has 0 rings (SSSR count). The highest BCUT2D eigenvalue weighted by atomic mass is 16.7. The Morgan fingerprint density at radius 2 is 0.643 bits per heavy atom. The minimum atomic E-state index is -1.61. The van der Waals surface area contributed by atoms with E-state index >= 15 is 0 Å². The molecule has 0 bridgehead atoms. The Hall–Kier alpha value is -1.71. The average Bonchev–Trinajstić information content (AvgIpc) is 3.33. The van der Waals surface area contributed by atoms with Gasteiger partial charge in [0.05, 0.1) is 40.3 Å². The number of rotatable bonds is 58. The van der Waals surface area contributed by atoms with Crippen molar-refractivity contribution >= 4 is 17.9 Å². The van der Waals surface area contributed by atoms with Gasteiger partial charge in [0.2, 0.25) is 0 Å². The van der Waals surface area contributed by atoms with E-state index in [0.717, 1.165) is 38.5 Å². The highest BCUT2D eigenvalue weighted by Crippen LogP contribution is 2.18. The van der Waals surface area contributed by atoms with Gasteiger partial charge in [0.15, 0.2) is 12.4 Å². The summed E-state index contributed by atoms with van der Waals surface area (Å²) >= 11 is 0. The van der Waals surface area contributed by atoms with Crippen molar-refractivity contribution < 1.29 is 42.9 Å². The van der Waals surface area contributed by atoms with Crippen molar-refractivity contribution in [3.8, 4) is 0 Å². The van der Waals surface area contributed by atoms with E-state index in [1.807, 2.05) is 21.1 Å². The fourth-order valence-corrected chi connectivity index (χ4v) is 9.36. The minimum absolute atomic E-state index is 0.153. The first-order valence-corrected chi connectivity index (χ1v) is 30.7. The summed E-state index contributed by atoms with van der Waals surface area (Å²) in [6, 6.07) is 0. The van der Waals surface area contributed by atoms with Crippen molar-refractivity contribution in [3.05, 3.63) is 0 Å². The first-order valence-electron chi connectivity index (χ1n) is 30.7. The molecule has 0 aliphatic carbocycles. The van der Waals surface area contributed by atoms with Crippen LogP contribution in [-0.2, 0) is 33.3 Å². The van der Waals surface area contributed by atoms with E-state index in [0.29, 0.717) is 17.4 Å². The summed E-state index contributed by atoms with van der Waals surface area (Å²) < 4.78 is 22.6. The summed E-state index contributed by atoms with van der Waals surface area (Å²) in [6.45, 7) is 4.77. The van der Waals surface area contributed by atoms with Crippen LogP contribution in [0.4, 0.5) is 0 Å². The normalized spacial score (nSPS) is 12.6. The van der Waals surface area contributed by atoms with E-state index in [2.05, 4.69) is 13.8 Å². The third kappa shape index (κ3) is 54.1. The maximum Gasteiger partial charge on any atom is 0.306 e.